The summed E-state index contributed by atoms with van der Waals surface area (Å²) in [4.78, 5) is 13.2. The third-order valence-electron chi connectivity index (χ3n) is 5.24. The number of benzene rings is 1. The fourth-order valence-electron chi connectivity index (χ4n) is 3.74. The van der Waals surface area contributed by atoms with E-state index in [9.17, 15) is 9.50 Å². The molecule has 34 heavy (non-hydrogen) atoms. The van der Waals surface area contributed by atoms with Gasteiger partial charge in [-0.2, -0.15) is 5.10 Å². The first-order valence-corrected chi connectivity index (χ1v) is 10.6. The maximum Gasteiger partial charge on any atom is 0.230 e. The molecule has 0 aliphatic rings. The van der Waals surface area contributed by atoms with Crippen molar-refractivity contribution in [2.75, 3.05) is 7.11 Å². The summed E-state index contributed by atoms with van der Waals surface area (Å²) in [5, 5.41) is 15.7. The lowest BCUT2D eigenvalue weighted by atomic mass is 10.0. The van der Waals surface area contributed by atoms with E-state index in [2.05, 4.69) is 20.1 Å². The Morgan fingerprint density at radius 1 is 1.06 bits per heavy atom. The number of pyridine rings is 1. The van der Waals surface area contributed by atoms with Crippen LogP contribution in [0.3, 0.4) is 0 Å². The van der Waals surface area contributed by atoms with Gasteiger partial charge in [-0.05, 0) is 56.3 Å². The fourth-order valence-corrected chi connectivity index (χ4v) is 3.74. The maximum atomic E-state index is 13.6. The molecule has 1 aromatic carbocycles. The second-order valence-electron chi connectivity index (χ2n) is 8.54. The van der Waals surface area contributed by atoms with Gasteiger partial charge >= 0.3 is 0 Å². The minimum atomic E-state index is -0.979. The number of aliphatic hydroxyl groups is 1. The molecule has 172 valence electrons. The third-order valence-corrected chi connectivity index (χ3v) is 5.24. The highest BCUT2D eigenvalue weighted by Gasteiger charge is 2.22. The molecule has 0 amide bonds. The van der Waals surface area contributed by atoms with E-state index < -0.39 is 5.60 Å². The second kappa shape index (κ2) is 8.35. The van der Waals surface area contributed by atoms with Crippen LogP contribution >= 0.6 is 0 Å². The first kappa shape index (κ1) is 21.7. The first-order chi connectivity index (χ1) is 16.3. The lowest BCUT2D eigenvalue weighted by Crippen LogP contribution is -2.26. The zero-order valence-corrected chi connectivity index (χ0v) is 18.9. The molecule has 0 spiro atoms. The Hall–Kier alpha value is -4.11. The smallest absolute Gasteiger partial charge is 0.230 e. The number of hydrogen-bond acceptors (Lipinski definition) is 7. The number of hydrogen-bond donors (Lipinski definition) is 1. The number of ether oxygens (including phenoxy) is 1. The molecule has 0 aliphatic carbocycles. The molecule has 0 bridgehead atoms. The van der Waals surface area contributed by atoms with Gasteiger partial charge in [0.25, 0.3) is 0 Å². The molecule has 5 aromatic rings. The van der Waals surface area contributed by atoms with Crippen molar-refractivity contribution in [3.05, 3.63) is 67.0 Å². The van der Waals surface area contributed by atoms with Crippen LogP contribution in [0.1, 0.15) is 13.8 Å². The van der Waals surface area contributed by atoms with Gasteiger partial charge in [0.05, 0.1) is 36.5 Å². The van der Waals surface area contributed by atoms with Crippen molar-refractivity contribution in [2.45, 2.75) is 26.0 Å². The average Bonchev–Trinajstić information content (AvgIpc) is 3.43. The summed E-state index contributed by atoms with van der Waals surface area (Å²) in [6.07, 6.45) is 4.85. The Bertz CT molecular complexity index is 1450. The Labute approximate surface area is 194 Å². The molecule has 5 rings (SSSR count). The number of aromatic nitrogens is 5. The molecule has 4 aromatic heterocycles. The fraction of sp³-hybridized carbons (Fsp3) is 0.200. The molecule has 4 heterocycles. The van der Waals surface area contributed by atoms with Crippen LogP contribution in [-0.2, 0) is 6.54 Å². The number of furan rings is 1. The predicted molar refractivity (Wildman–Crippen MR) is 124 cm³/mol. The maximum absolute atomic E-state index is 13.6. The van der Waals surface area contributed by atoms with Crippen LogP contribution in [0, 0.1) is 5.82 Å². The molecular formula is C25H22FN5O3. The van der Waals surface area contributed by atoms with E-state index in [-0.39, 0.29) is 12.4 Å². The molecular weight excluding hydrogens is 437 g/mol. The van der Waals surface area contributed by atoms with Crippen LogP contribution in [0.2, 0.25) is 0 Å². The predicted octanol–water partition coefficient (Wildman–Crippen LogP) is 4.73. The summed E-state index contributed by atoms with van der Waals surface area (Å²) in [7, 11) is 1.58. The van der Waals surface area contributed by atoms with E-state index >= 15 is 0 Å². The Balaban J connectivity index is 1.66. The van der Waals surface area contributed by atoms with Crippen molar-refractivity contribution in [3.63, 3.8) is 0 Å². The van der Waals surface area contributed by atoms with E-state index in [1.54, 1.807) is 56.1 Å². The summed E-state index contributed by atoms with van der Waals surface area (Å²) in [6, 6.07) is 11.5. The molecule has 0 atom stereocenters. The molecule has 8 nitrogen and oxygen atoms in total. The molecule has 0 unspecified atom stereocenters. The lowest BCUT2D eigenvalue weighted by molar-refractivity contribution is 0.0578. The van der Waals surface area contributed by atoms with E-state index in [0.29, 0.717) is 45.3 Å². The van der Waals surface area contributed by atoms with Gasteiger partial charge < -0.3 is 14.3 Å². The van der Waals surface area contributed by atoms with E-state index in [4.69, 9.17) is 9.15 Å². The molecule has 0 saturated heterocycles. The number of methoxy groups -OCH3 is 1. The molecule has 0 aliphatic heterocycles. The zero-order chi connectivity index (χ0) is 23.9. The SMILES string of the molecule is COc1ccc(-c2cc3c(-c4cn(CC(C)(C)O)nc4-c4ccc(F)cc4)ncnc3o2)nc1. The minimum Gasteiger partial charge on any atom is -0.495 e. The van der Waals surface area contributed by atoms with Gasteiger partial charge in [-0.3, -0.25) is 4.68 Å². The van der Waals surface area contributed by atoms with Crippen molar-refractivity contribution >= 4 is 11.1 Å². The molecule has 0 saturated carbocycles. The van der Waals surface area contributed by atoms with Crippen molar-refractivity contribution in [3.8, 4) is 39.7 Å². The standard InChI is InChI=1S/C25H22FN5O3/c1-25(2,32)13-31-12-19(22(30-31)15-4-6-16(26)7-5-15)23-18-10-21(34-24(18)29-14-28-23)20-9-8-17(33-3)11-27-20/h4-12,14,32H,13H2,1-3H3. The minimum absolute atomic E-state index is 0.266. The molecule has 1 N–H and O–H groups in total. The second-order valence-corrected chi connectivity index (χ2v) is 8.54. The lowest BCUT2D eigenvalue weighted by Gasteiger charge is -2.16. The van der Waals surface area contributed by atoms with E-state index in [0.717, 1.165) is 5.56 Å². The molecule has 0 fully saturated rings. The quantitative estimate of drug-likeness (QED) is 0.392. The third kappa shape index (κ3) is 4.25. The highest BCUT2D eigenvalue weighted by Crippen LogP contribution is 2.36. The number of nitrogens with zero attached hydrogens (tertiary/aromatic N) is 5. The summed E-state index contributed by atoms with van der Waals surface area (Å²) >= 11 is 0. The van der Waals surface area contributed by atoms with Gasteiger partial charge in [0, 0.05) is 17.3 Å². The van der Waals surface area contributed by atoms with Crippen molar-refractivity contribution in [1.82, 2.24) is 24.7 Å². The van der Waals surface area contributed by atoms with Crippen LogP contribution in [-0.4, -0.2) is 42.5 Å². The normalized spacial score (nSPS) is 11.8. The van der Waals surface area contributed by atoms with Crippen molar-refractivity contribution in [2.24, 2.45) is 0 Å². The van der Waals surface area contributed by atoms with Gasteiger partial charge in [-0.1, -0.05) is 0 Å². The van der Waals surface area contributed by atoms with Crippen molar-refractivity contribution in [1.29, 1.82) is 0 Å². The Morgan fingerprint density at radius 2 is 1.85 bits per heavy atom. The van der Waals surface area contributed by atoms with Gasteiger partial charge in [0.2, 0.25) is 5.71 Å². The first-order valence-electron chi connectivity index (χ1n) is 10.6. The topological polar surface area (TPSA) is 99.1 Å². The average molecular weight is 459 g/mol. The molecule has 0 radical (unpaired) electrons. The zero-order valence-electron chi connectivity index (χ0n) is 18.9. The number of fused-ring (bicyclic) bond motifs is 1. The van der Waals surface area contributed by atoms with Crippen LogP contribution < -0.4 is 4.74 Å². The monoisotopic (exact) mass is 459 g/mol. The van der Waals surface area contributed by atoms with Gasteiger partial charge in [-0.15, -0.1) is 0 Å². The molecule has 9 heteroatoms. The summed E-state index contributed by atoms with van der Waals surface area (Å²) in [5.74, 6) is 0.840. The highest BCUT2D eigenvalue weighted by molar-refractivity contribution is 5.95. The van der Waals surface area contributed by atoms with Crippen molar-refractivity contribution < 1.29 is 18.7 Å². The number of rotatable bonds is 6. The summed E-state index contributed by atoms with van der Waals surface area (Å²) in [6.45, 7) is 3.68. The van der Waals surface area contributed by atoms with Crippen LogP contribution in [0.5, 0.6) is 5.75 Å². The van der Waals surface area contributed by atoms with Crippen LogP contribution in [0.15, 0.2) is 65.6 Å². The Morgan fingerprint density at radius 3 is 2.53 bits per heavy atom. The van der Waals surface area contributed by atoms with Crippen LogP contribution in [0.25, 0.3) is 45.1 Å². The van der Waals surface area contributed by atoms with E-state index in [1.807, 2.05) is 12.3 Å². The highest BCUT2D eigenvalue weighted by atomic mass is 19.1. The van der Waals surface area contributed by atoms with Gasteiger partial charge in [-0.25, -0.2) is 19.3 Å². The number of halogens is 1. The summed E-state index contributed by atoms with van der Waals surface area (Å²) in [5.41, 5.74) is 2.69. The Kier molecular flexibility index (Phi) is 5.33. The van der Waals surface area contributed by atoms with Gasteiger partial charge in [0.1, 0.15) is 29.3 Å². The summed E-state index contributed by atoms with van der Waals surface area (Å²) < 4.78 is 26.4. The largest absolute Gasteiger partial charge is 0.495 e. The van der Waals surface area contributed by atoms with Crippen LogP contribution in [0.4, 0.5) is 4.39 Å². The van der Waals surface area contributed by atoms with Gasteiger partial charge in [0.15, 0.2) is 5.76 Å². The van der Waals surface area contributed by atoms with E-state index in [1.165, 1.54) is 18.5 Å².